The molecule has 1 aliphatic rings. The van der Waals surface area contributed by atoms with E-state index in [0.29, 0.717) is 12.5 Å². The van der Waals surface area contributed by atoms with E-state index in [1.54, 1.807) is 0 Å². The standard InChI is InChI=1S/C22H26N4O/c1-16-14-18(6-10-23-16)15-19-2-3-21-20(24-19)4-5-22(25-21)26-11-7-17(8-12-26)9-13-27/h2-6,10,14,17,27H,7-9,11-13,15H2,1H3. The van der Waals surface area contributed by atoms with Gasteiger partial charge in [0, 0.05) is 43.7 Å². The van der Waals surface area contributed by atoms with E-state index in [0.717, 1.165) is 67.0 Å². The number of fused-ring (bicyclic) bond motifs is 1. The summed E-state index contributed by atoms with van der Waals surface area (Å²) in [7, 11) is 0. The first-order valence-electron chi connectivity index (χ1n) is 9.75. The molecule has 1 aliphatic heterocycles. The highest BCUT2D eigenvalue weighted by molar-refractivity contribution is 5.76. The van der Waals surface area contributed by atoms with Crippen LogP contribution in [0.1, 0.15) is 36.2 Å². The van der Waals surface area contributed by atoms with E-state index >= 15 is 0 Å². The molecule has 0 aliphatic carbocycles. The van der Waals surface area contributed by atoms with Gasteiger partial charge < -0.3 is 10.0 Å². The molecule has 1 fully saturated rings. The minimum Gasteiger partial charge on any atom is -0.396 e. The molecule has 27 heavy (non-hydrogen) atoms. The molecule has 1 saturated heterocycles. The largest absolute Gasteiger partial charge is 0.396 e. The summed E-state index contributed by atoms with van der Waals surface area (Å²) in [5, 5.41) is 9.11. The lowest BCUT2D eigenvalue weighted by molar-refractivity contribution is 0.240. The van der Waals surface area contributed by atoms with Crippen LogP contribution in [0.15, 0.2) is 42.6 Å². The zero-order chi connectivity index (χ0) is 18.6. The Morgan fingerprint density at radius 3 is 2.59 bits per heavy atom. The van der Waals surface area contributed by atoms with E-state index in [-0.39, 0.29) is 0 Å². The maximum absolute atomic E-state index is 9.11. The van der Waals surface area contributed by atoms with Crippen LogP contribution in [0.4, 0.5) is 5.82 Å². The van der Waals surface area contributed by atoms with Crippen LogP contribution in [0.5, 0.6) is 0 Å². The highest BCUT2D eigenvalue weighted by Crippen LogP contribution is 2.25. The summed E-state index contributed by atoms with van der Waals surface area (Å²) in [5.41, 5.74) is 5.19. The second kappa shape index (κ2) is 8.01. The minimum atomic E-state index is 0.298. The van der Waals surface area contributed by atoms with Crippen LogP contribution >= 0.6 is 0 Å². The van der Waals surface area contributed by atoms with E-state index in [1.165, 1.54) is 5.56 Å². The van der Waals surface area contributed by atoms with Crippen LogP contribution in [0.2, 0.25) is 0 Å². The fourth-order valence-electron chi connectivity index (χ4n) is 3.87. The van der Waals surface area contributed by atoms with E-state index in [4.69, 9.17) is 15.1 Å². The molecule has 140 valence electrons. The molecule has 0 bridgehead atoms. The number of aromatic nitrogens is 3. The predicted molar refractivity (Wildman–Crippen MR) is 108 cm³/mol. The highest BCUT2D eigenvalue weighted by Gasteiger charge is 2.20. The smallest absolute Gasteiger partial charge is 0.129 e. The van der Waals surface area contributed by atoms with Crippen molar-refractivity contribution in [1.29, 1.82) is 0 Å². The van der Waals surface area contributed by atoms with Crippen molar-refractivity contribution in [2.75, 3.05) is 24.6 Å². The molecule has 3 aromatic heterocycles. The lowest BCUT2D eigenvalue weighted by Crippen LogP contribution is -2.34. The highest BCUT2D eigenvalue weighted by atomic mass is 16.3. The van der Waals surface area contributed by atoms with Gasteiger partial charge in [-0.25, -0.2) is 4.98 Å². The first kappa shape index (κ1) is 17.9. The van der Waals surface area contributed by atoms with Gasteiger partial charge in [0.05, 0.1) is 11.0 Å². The Morgan fingerprint density at radius 2 is 1.81 bits per heavy atom. The molecule has 0 saturated carbocycles. The van der Waals surface area contributed by atoms with Gasteiger partial charge in [0.15, 0.2) is 0 Å². The Balaban J connectivity index is 1.49. The topological polar surface area (TPSA) is 62.1 Å². The average Bonchev–Trinajstić information content (AvgIpc) is 2.68. The summed E-state index contributed by atoms with van der Waals surface area (Å²) < 4.78 is 0. The molecule has 0 amide bonds. The van der Waals surface area contributed by atoms with Crippen molar-refractivity contribution in [2.24, 2.45) is 5.92 Å². The number of aliphatic hydroxyl groups excluding tert-OH is 1. The Bertz CT molecular complexity index is 919. The van der Waals surface area contributed by atoms with E-state index in [2.05, 4.69) is 40.2 Å². The normalized spacial score (nSPS) is 15.4. The van der Waals surface area contributed by atoms with Crippen LogP contribution in [-0.2, 0) is 6.42 Å². The van der Waals surface area contributed by atoms with E-state index < -0.39 is 0 Å². The number of aryl methyl sites for hydroxylation is 1. The average molecular weight is 362 g/mol. The number of anilines is 1. The Hall–Kier alpha value is -2.53. The molecule has 1 N–H and O–H groups in total. The Kier molecular flexibility index (Phi) is 5.30. The van der Waals surface area contributed by atoms with Gasteiger partial charge >= 0.3 is 0 Å². The number of hydrogen-bond acceptors (Lipinski definition) is 5. The van der Waals surface area contributed by atoms with Crippen LogP contribution in [-0.4, -0.2) is 39.8 Å². The van der Waals surface area contributed by atoms with Crippen LogP contribution in [0.3, 0.4) is 0 Å². The third kappa shape index (κ3) is 4.25. The number of rotatable bonds is 5. The molecule has 0 unspecified atom stereocenters. The molecule has 4 heterocycles. The van der Waals surface area contributed by atoms with Crippen molar-refractivity contribution in [3.05, 3.63) is 59.5 Å². The number of pyridine rings is 3. The molecule has 0 aromatic carbocycles. The maximum atomic E-state index is 9.11. The molecule has 0 radical (unpaired) electrons. The second-order valence-electron chi connectivity index (χ2n) is 7.44. The number of aliphatic hydroxyl groups is 1. The summed E-state index contributed by atoms with van der Waals surface area (Å²) in [6.07, 6.45) is 5.83. The summed E-state index contributed by atoms with van der Waals surface area (Å²) in [5.74, 6) is 1.68. The molecule has 3 aromatic rings. The van der Waals surface area contributed by atoms with Gasteiger partial charge in [-0.1, -0.05) is 0 Å². The van der Waals surface area contributed by atoms with Gasteiger partial charge in [0.2, 0.25) is 0 Å². The SMILES string of the molecule is Cc1cc(Cc2ccc3nc(N4CCC(CCO)CC4)ccc3n2)ccn1. The number of piperidine rings is 1. The minimum absolute atomic E-state index is 0.298. The summed E-state index contributed by atoms with van der Waals surface area (Å²) >= 11 is 0. The zero-order valence-corrected chi connectivity index (χ0v) is 15.8. The number of nitrogens with zero attached hydrogens (tertiary/aromatic N) is 4. The van der Waals surface area contributed by atoms with Crippen LogP contribution in [0, 0.1) is 12.8 Å². The molecule has 5 nitrogen and oxygen atoms in total. The second-order valence-corrected chi connectivity index (χ2v) is 7.44. The first-order chi connectivity index (χ1) is 13.2. The molecular weight excluding hydrogens is 336 g/mol. The maximum Gasteiger partial charge on any atom is 0.129 e. The Labute approximate surface area is 160 Å². The van der Waals surface area contributed by atoms with E-state index in [9.17, 15) is 0 Å². The Morgan fingerprint density at radius 1 is 1.04 bits per heavy atom. The van der Waals surface area contributed by atoms with Gasteiger partial charge in [-0.05, 0) is 74.1 Å². The third-order valence-corrected chi connectivity index (χ3v) is 5.41. The molecule has 5 heteroatoms. The fraction of sp³-hybridized carbons (Fsp3) is 0.409. The third-order valence-electron chi connectivity index (χ3n) is 5.41. The van der Waals surface area contributed by atoms with E-state index in [1.807, 2.05) is 19.2 Å². The van der Waals surface area contributed by atoms with Crippen LogP contribution in [0.25, 0.3) is 11.0 Å². The van der Waals surface area contributed by atoms with Gasteiger partial charge in [-0.2, -0.15) is 0 Å². The summed E-state index contributed by atoms with van der Waals surface area (Å²) in [4.78, 5) is 16.2. The summed E-state index contributed by atoms with van der Waals surface area (Å²) in [6.45, 7) is 4.33. The van der Waals surface area contributed by atoms with Crippen molar-refractivity contribution in [3.8, 4) is 0 Å². The lowest BCUT2D eigenvalue weighted by Gasteiger charge is -2.32. The predicted octanol–water partition coefficient (Wildman–Crippen LogP) is 3.52. The van der Waals surface area contributed by atoms with Crippen LogP contribution < -0.4 is 4.90 Å². The first-order valence-corrected chi connectivity index (χ1v) is 9.75. The lowest BCUT2D eigenvalue weighted by atomic mass is 9.94. The quantitative estimate of drug-likeness (QED) is 0.752. The monoisotopic (exact) mass is 362 g/mol. The molecule has 4 rings (SSSR count). The van der Waals surface area contributed by atoms with Crippen molar-refractivity contribution >= 4 is 16.9 Å². The number of hydrogen-bond donors (Lipinski definition) is 1. The van der Waals surface area contributed by atoms with Crippen molar-refractivity contribution < 1.29 is 5.11 Å². The van der Waals surface area contributed by atoms with Gasteiger partial charge in [-0.15, -0.1) is 0 Å². The van der Waals surface area contributed by atoms with Gasteiger partial charge in [0.25, 0.3) is 0 Å². The molecule has 0 spiro atoms. The molecular formula is C22H26N4O. The summed E-state index contributed by atoms with van der Waals surface area (Å²) in [6, 6.07) is 12.5. The fourth-order valence-corrected chi connectivity index (χ4v) is 3.87. The zero-order valence-electron chi connectivity index (χ0n) is 15.8. The van der Waals surface area contributed by atoms with Crippen molar-refractivity contribution in [3.63, 3.8) is 0 Å². The molecule has 0 atom stereocenters. The van der Waals surface area contributed by atoms with Crippen molar-refractivity contribution in [1.82, 2.24) is 15.0 Å². The van der Waals surface area contributed by atoms with Gasteiger partial charge in [-0.3, -0.25) is 9.97 Å². The van der Waals surface area contributed by atoms with Gasteiger partial charge in [0.1, 0.15) is 5.82 Å². The van der Waals surface area contributed by atoms with Crippen molar-refractivity contribution in [2.45, 2.75) is 32.6 Å².